The van der Waals surface area contributed by atoms with Gasteiger partial charge in [0, 0.05) is 6.54 Å². The minimum absolute atomic E-state index is 0.0889. The van der Waals surface area contributed by atoms with E-state index < -0.39 is 0 Å². The SMILES string of the molecule is CCCNC(=O)CNc1cc(Cl)c(Cl)cc1Cl. The van der Waals surface area contributed by atoms with Crippen molar-refractivity contribution in [2.45, 2.75) is 13.3 Å². The average Bonchev–Trinajstić information content (AvgIpc) is 2.29. The number of carbonyl (C=O) groups is 1. The van der Waals surface area contributed by atoms with Crippen molar-refractivity contribution >= 4 is 46.4 Å². The number of amides is 1. The normalized spacial score (nSPS) is 10.1. The monoisotopic (exact) mass is 294 g/mol. The van der Waals surface area contributed by atoms with Crippen LogP contribution in [0.4, 0.5) is 5.69 Å². The van der Waals surface area contributed by atoms with Gasteiger partial charge in [0.2, 0.25) is 5.91 Å². The fraction of sp³-hybridized carbons (Fsp3) is 0.364. The molecule has 1 aromatic carbocycles. The maximum absolute atomic E-state index is 11.4. The zero-order chi connectivity index (χ0) is 12.8. The molecule has 6 heteroatoms. The van der Waals surface area contributed by atoms with E-state index in [1.165, 1.54) is 6.07 Å². The maximum atomic E-state index is 11.4. The van der Waals surface area contributed by atoms with E-state index in [2.05, 4.69) is 10.6 Å². The minimum Gasteiger partial charge on any atom is -0.375 e. The molecule has 0 unspecified atom stereocenters. The zero-order valence-electron chi connectivity index (χ0n) is 9.32. The van der Waals surface area contributed by atoms with Gasteiger partial charge in [-0.25, -0.2) is 0 Å². The van der Waals surface area contributed by atoms with Crippen LogP contribution in [-0.4, -0.2) is 19.0 Å². The smallest absolute Gasteiger partial charge is 0.239 e. The predicted octanol–water partition coefficient (Wildman–Crippen LogP) is 3.58. The molecule has 0 saturated heterocycles. The van der Waals surface area contributed by atoms with Crippen molar-refractivity contribution in [3.05, 3.63) is 27.2 Å². The molecule has 0 fully saturated rings. The third-order valence-corrected chi connectivity index (χ3v) is 3.06. The third kappa shape index (κ3) is 4.62. The summed E-state index contributed by atoms with van der Waals surface area (Å²) in [4.78, 5) is 11.4. The summed E-state index contributed by atoms with van der Waals surface area (Å²) in [5.41, 5.74) is 0.590. The molecule has 3 nitrogen and oxygen atoms in total. The average molecular weight is 296 g/mol. The van der Waals surface area contributed by atoms with E-state index in [1.54, 1.807) is 6.07 Å². The standard InChI is InChI=1S/C11H13Cl3N2O/c1-2-3-15-11(17)6-16-10-5-8(13)7(12)4-9(10)14/h4-5,16H,2-3,6H2,1H3,(H,15,17). The predicted molar refractivity (Wildman–Crippen MR) is 73.3 cm³/mol. The van der Waals surface area contributed by atoms with Crippen LogP contribution in [0.25, 0.3) is 0 Å². The number of benzene rings is 1. The second-order valence-corrected chi connectivity index (χ2v) is 4.67. The van der Waals surface area contributed by atoms with Crippen LogP contribution in [0, 0.1) is 0 Å². The van der Waals surface area contributed by atoms with Gasteiger partial charge in [0.05, 0.1) is 27.3 Å². The summed E-state index contributed by atoms with van der Waals surface area (Å²) in [6.45, 7) is 2.80. The summed E-state index contributed by atoms with van der Waals surface area (Å²) in [6.07, 6.45) is 0.902. The molecule has 0 aliphatic heterocycles. The lowest BCUT2D eigenvalue weighted by Crippen LogP contribution is -2.30. The van der Waals surface area contributed by atoms with Crippen LogP contribution in [0.5, 0.6) is 0 Å². The van der Waals surface area contributed by atoms with Gasteiger partial charge in [0.15, 0.2) is 0 Å². The Morgan fingerprint density at radius 1 is 1.18 bits per heavy atom. The number of hydrogen-bond acceptors (Lipinski definition) is 2. The number of anilines is 1. The molecular weight excluding hydrogens is 282 g/mol. The minimum atomic E-state index is -0.0889. The van der Waals surface area contributed by atoms with Crippen LogP contribution in [0.15, 0.2) is 12.1 Å². The molecule has 0 radical (unpaired) electrons. The van der Waals surface area contributed by atoms with E-state index in [1.807, 2.05) is 6.92 Å². The van der Waals surface area contributed by atoms with E-state index in [0.29, 0.717) is 27.3 Å². The van der Waals surface area contributed by atoms with Gasteiger partial charge in [-0.05, 0) is 18.6 Å². The first-order valence-electron chi connectivity index (χ1n) is 5.19. The topological polar surface area (TPSA) is 41.1 Å². The van der Waals surface area contributed by atoms with E-state index in [4.69, 9.17) is 34.8 Å². The Morgan fingerprint density at radius 3 is 2.47 bits per heavy atom. The Balaban J connectivity index is 2.57. The van der Waals surface area contributed by atoms with Crippen molar-refractivity contribution in [2.75, 3.05) is 18.4 Å². The first-order valence-corrected chi connectivity index (χ1v) is 6.33. The van der Waals surface area contributed by atoms with Crippen molar-refractivity contribution in [1.82, 2.24) is 5.32 Å². The summed E-state index contributed by atoms with van der Waals surface area (Å²) < 4.78 is 0. The summed E-state index contributed by atoms with van der Waals surface area (Å²) in [7, 11) is 0. The summed E-state index contributed by atoms with van der Waals surface area (Å²) in [6, 6.07) is 3.14. The van der Waals surface area contributed by atoms with Crippen LogP contribution in [0.2, 0.25) is 15.1 Å². The van der Waals surface area contributed by atoms with Gasteiger partial charge >= 0.3 is 0 Å². The molecule has 17 heavy (non-hydrogen) atoms. The Kier molecular flexibility index (Phi) is 5.89. The van der Waals surface area contributed by atoms with Crippen LogP contribution in [0.3, 0.4) is 0 Å². The number of halogens is 3. The molecule has 0 aromatic heterocycles. The van der Waals surface area contributed by atoms with Gasteiger partial charge in [0.25, 0.3) is 0 Å². The van der Waals surface area contributed by atoms with Gasteiger partial charge in [-0.15, -0.1) is 0 Å². The molecule has 1 amide bonds. The Labute approximate surface area is 115 Å². The van der Waals surface area contributed by atoms with Crippen molar-refractivity contribution < 1.29 is 4.79 Å². The van der Waals surface area contributed by atoms with Crippen molar-refractivity contribution in [1.29, 1.82) is 0 Å². The molecular formula is C11H13Cl3N2O. The molecule has 0 heterocycles. The van der Waals surface area contributed by atoms with Gasteiger partial charge < -0.3 is 10.6 Å². The van der Waals surface area contributed by atoms with E-state index in [-0.39, 0.29) is 12.5 Å². The highest BCUT2D eigenvalue weighted by Gasteiger charge is 2.07. The molecule has 0 bridgehead atoms. The summed E-state index contributed by atoms with van der Waals surface area (Å²) >= 11 is 17.6. The lowest BCUT2D eigenvalue weighted by Gasteiger charge is -2.09. The Bertz CT molecular complexity index is 410. The molecule has 0 spiro atoms. The Morgan fingerprint density at radius 2 is 1.82 bits per heavy atom. The largest absolute Gasteiger partial charge is 0.375 e. The fourth-order valence-corrected chi connectivity index (χ4v) is 1.77. The fourth-order valence-electron chi connectivity index (χ4n) is 1.16. The van der Waals surface area contributed by atoms with Gasteiger partial charge in [0.1, 0.15) is 0 Å². The maximum Gasteiger partial charge on any atom is 0.239 e. The molecule has 94 valence electrons. The summed E-state index contributed by atoms with van der Waals surface area (Å²) in [5.74, 6) is -0.0889. The molecule has 0 aliphatic rings. The third-order valence-electron chi connectivity index (χ3n) is 2.02. The molecule has 0 saturated carbocycles. The quantitative estimate of drug-likeness (QED) is 0.815. The molecule has 0 aliphatic carbocycles. The van der Waals surface area contributed by atoms with E-state index >= 15 is 0 Å². The number of nitrogens with one attached hydrogen (secondary N) is 2. The first-order chi connectivity index (χ1) is 8.04. The molecule has 0 atom stereocenters. The van der Waals surface area contributed by atoms with Crippen LogP contribution >= 0.6 is 34.8 Å². The number of carbonyl (C=O) groups excluding carboxylic acids is 1. The highest BCUT2D eigenvalue weighted by Crippen LogP contribution is 2.31. The lowest BCUT2D eigenvalue weighted by atomic mass is 10.3. The molecule has 1 rings (SSSR count). The van der Waals surface area contributed by atoms with E-state index in [0.717, 1.165) is 6.42 Å². The van der Waals surface area contributed by atoms with Crippen molar-refractivity contribution in [3.63, 3.8) is 0 Å². The number of hydrogen-bond donors (Lipinski definition) is 2. The van der Waals surface area contributed by atoms with E-state index in [9.17, 15) is 4.79 Å². The first kappa shape index (κ1) is 14.4. The summed E-state index contributed by atoms with van der Waals surface area (Å²) in [5, 5.41) is 6.86. The highest BCUT2D eigenvalue weighted by molar-refractivity contribution is 6.44. The van der Waals surface area contributed by atoms with Gasteiger partial charge in [-0.1, -0.05) is 41.7 Å². The second kappa shape index (κ2) is 6.94. The molecule has 1 aromatic rings. The number of rotatable bonds is 5. The molecule has 2 N–H and O–H groups in total. The zero-order valence-corrected chi connectivity index (χ0v) is 11.6. The van der Waals surface area contributed by atoms with Crippen LogP contribution < -0.4 is 10.6 Å². The van der Waals surface area contributed by atoms with Crippen LogP contribution in [-0.2, 0) is 4.79 Å². The Hall–Kier alpha value is -0.640. The highest BCUT2D eigenvalue weighted by atomic mass is 35.5. The lowest BCUT2D eigenvalue weighted by molar-refractivity contribution is -0.119. The van der Waals surface area contributed by atoms with Gasteiger partial charge in [-0.2, -0.15) is 0 Å². The van der Waals surface area contributed by atoms with Crippen molar-refractivity contribution in [2.24, 2.45) is 0 Å². The second-order valence-electron chi connectivity index (χ2n) is 3.45. The van der Waals surface area contributed by atoms with Crippen molar-refractivity contribution in [3.8, 4) is 0 Å². The van der Waals surface area contributed by atoms with Crippen LogP contribution in [0.1, 0.15) is 13.3 Å². The van der Waals surface area contributed by atoms with Gasteiger partial charge in [-0.3, -0.25) is 4.79 Å².